The molecule has 0 aliphatic heterocycles. The van der Waals surface area contributed by atoms with Crippen molar-refractivity contribution in [3.8, 4) is 0 Å². The van der Waals surface area contributed by atoms with E-state index in [-0.39, 0.29) is 5.69 Å². The van der Waals surface area contributed by atoms with Gasteiger partial charge >= 0.3 is 0 Å². The number of nitro groups is 1. The predicted molar refractivity (Wildman–Crippen MR) is 85.0 cm³/mol. The van der Waals surface area contributed by atoms with Crippen molar-refractivity contribution >= 4 is 11.4 Å². The largest absolute Gasteiger partial charge is 0.318 e. The van der Waals surface area contributed by atoms with E-state index in [1.807, 2.05) is 6.07 Å². The van der Waals surface area contributed by atoms with Gasteiger partial charge in [0.2, 0.25) is 0 Å². The lowest BCUT2D eigenvalue weighted by Gasteiger charge is -2.21. The van der Waals surface area contributed by atoms with Crippen LogP contribution >= 0.6 is 0 Å². The second-order valence-electron chi connectivity index (χ2n) is 5.28. The first kappa shape index (κ1) is 17.4. The molecular formula is C14H25N5O2. The van der Waals surface area contributed by atoms with Crippen LogP contribution in [0.1, 0.15) is 18.9 Å². The number of hydrogen-bond acceptors (Lipinski definition) is 6. The zero-order valence-corrected chi connectivity index (χ0v) is 13.0. The first-order chi connectivity index (χ1) is 9.97. The van der Waals surface area contributed by atoms with Gasteiger partial charge in [-0.2, -0.15) is 0 Å². The molecule has 0 atom stereocenters. The average Bonchev–Trinajstić information content (AvgIpc) is 2.45. The van der Waals surface area contributed by atoms with Crippen molar-refractivity contribution in [1.29, 1.82) is 0 Å². The third kappa shape index (κ3) is 5.66. The van der Waals surface area contributed by atoms with Crippen molar-refractivity contribution < 1.29 is 4.92 Å². The highest BCUT2D eigenvalue weighted by molar-refractivity contribution is 5.61. The van der Waals surface area contributed by atoms with Crippen molar-refractivity contribution in [2.45, 2.75) is 19.9 Å². The summed E-state index contributed by atoms with van der Waals surface area (Å²) in [5.74, 6) is 5.29. The van der Waals surface area contributed by atoms with Gasteiger partial charge in [-0.1, -0.05) is 13.0 Å². The van der Waals surface area contributed by atoms with Crippen LogP contribution in [0, 0.1) is 10.1 Å². The van der Waals surface area contributed by atoms with E-state index in [4.69, 9.17) is 5.84 Å². The normalized spacial score (nSPS) is 11.1. The Bertz CT molecular complexity index is 465. The van der Waals surface area contributed by atoms with Gasteiger partial charge in [0.25, 0.3) is 5.69 Å². The van der Waals surface area contributed by atoms with Crippen LogP contribution in [0.25, 0.3) is 0 Å². The molecule has 0 heterocycles. The van der Waals surface area contributed by atoms with Gasteiger partial charge < -0.3 is 10.3 Å². The fourth-order valence-corrected chi connectivity index (χ4v) is 2.17. The molecule has 0 bridgehead atoms. The second kappa shape index (κ2) is 8.56. The quantitative estimate of drug-likeness (QED) is 0.409. The van der Waals surface area contributed by atoms with Gasteiger partial charge in [0.15, 0.2) is 0 Å². The molecular weight excluding hydrogens is 270 g/mol. The highest BCUT2D eigenvalue weighted by Crippen LogP contribution is 2.25. The van der Waals surface area contributed by atoms with Crippen LogP contribution < -0.4 is 11.3 Å². The third-order valence-corrected chi connectivity index (χ3v) is 3.35. The fraction of sp³-hybridized carbons (Fsp3) is 0.571. The average molecular weight is 295 g/mol. The molecule has 1 rings (SSSR count). The van der Waals surface area contributed by atoms with E-state index in [9.17, 15) is 10.1 Å². The zero-order chi connectivity index (χ0) is 15.8. The molecule has 3 N–H and O–H groups in total. The molecule has 0 radical (unpaired) electrons. The van der Waals surface area contributed by atoms with E-state index >= 15 is 0 Å². The van der Waals surface area contributed by atoms with E-state index in [0.29, 0.717) is 12.2 Å². The van der Waals surface area contributed by atoms with Gasteiger partial charge in [-0.3, -0.25) is 20.9 Å². The van der Waals surface area contributed by atoms with Gasteiger partial charge in [0.05, 0.1) is 4.92 Å². The number of benzene rings is 1. The number of hydrazine groups is 1. The number of rotatable bonds is 9. The molecule has 0 aliphatic carbocycles. The Labute approximate surface area is 125 Å². The Hall–Kier alpha value is -1.70. The maximum Gasteiger partial charge on any atom is 0.293 e. The number of nitrogens with zero attached hydrogens (tertiary/aromatic N) is 3. The summed E-state index contributed by atoms with van der Waals surface area (Å²) >= 11 is 0. The lowest BCUT2D eigenvalue weighted by atomic mass is 10.1. The standard InChI is InChI=1S/C14H25N5O2/c1-4-18(9-5-8-17(2)3)11-12-6-7-13(16-15)14(10-12)19(20)21/h6-7,10,16H,4-5,8-9,11,15H2,1-3H3. The summed E-state index contributed by atoms with van der Waals surface area (Å²) in [5.41, 5.74) is 3.63. The van der Waals surface area contributed by atoms with E-state index in [1.54, 1.807) is 12.1 Å². The first-order valence-corrected chi connectivity index (χ1v) is 7.09. The maximum absolute atomic E-state index is 11.0. The third-order valence-electron chi connectivity index (χ3n) is 3.35. The molecule has 0 aromatic heterocycles. The van der Waals surface area contributed by atoms with Crippen LogP contribution in [0.3, 0.4) is 0 Å². The number of nitrogens with one attached hydrogen (secondary N) is 1. The van der Waals surface area contributed by atoms with Crippen LogP contribution in [-0.2, 0) is 6.54 Å². The molecule has 0 aliphatic rings. The molecule has 0 fully saturated rings. The van der Waals surface area contributed by atoms with Crippen LogP contribution in [-0.4, -0.2) is 48.5 Å². The van der Waals surface area contributed by atoms with Crippen molar-refractivity contribution in [3.05, 3.63) is 33.9 Å². The molecule has 0 spiro atoms. The van der Waals surface area contributed by atoms with E-state index in [2.05, 4.69) is 36.2 Å². The summed E-state index contributed by atoms with van der Waals surface area (Å²) in [6.07, 6.45) is 1.07. The van der Waals surface area contributed by atoms with Crippen LogP contribution in [0.5, 0.6) is 0 Å². The smallest absolute Gasteiger partial charge is 0.293 e. The SMILES string of the molecule is CCN(CCCN(C)C)Cc1ccc(NN)c([N+](=O)[O-])c1. The molecule has 0 amide bonds. The summed E-state index contributed by atoms with van der Waals surface area (Å²) in [5, 5.41) is 11.0. The second-order valence-corrected chi connectivity index (χ2v) is 5.28. The molecule has 7 heteroatoms. The summed E-state index contributed by atoms with van der Waals surface area (Å²) in [4.78, 5) is 15.0. The van der Waals surface area contributed by atoms with Crippen molar-refractivity contribution in [2.75, 3.05) is 39.2 Å². The fourth-order valence-electron chi connectivity index (χ4n) is 2.17. The summed E-state index contributed by atoms with van der Waals surface area (Å²) in [6.45, 7) is 5.72. The monoisotopic (exact) mass is 295 g/mol. The van der Waals surface area contributed by atoms with Gasteiger partial charge in [0.1, 0.15) is 5.69 Å². The van der Waals surface area contributed by atoms with Crippen LogP contribution in [0.15, 0.2) is 18.2 Å². The van der Waals surface area contributed by atoms with Gasteiger partial charge in [0, 0.05) is 12.6 Å². The van der Waals surface area contributed by atoms with Crippen LogP contribution in [0.2, 0.25) is 0 Å². The van der Waals surface area contributed by atoms with Gasteiger partial charge in [-0.25, -0.2) is 0 Å². The van der Waals surface area contributed by atoms with E-state index in [0.717, 1.165) is 31.6 Å². The minimum atomic E-state index is -0.416. The van der Waals surface area contributed by atoms with Crippen molar-refractivity contribution in [1.82, 2.24) is 9.80 Å². The summed E-state index contributed by atoms with van der Waals surface area (Å²) < 4.78 is 0. The van der Waals surface area contributed by atoms with Crippen LogP contribution in [0.4, 0.5) is 11.4 Å². The topological polar surface area (TPSA) is 87.7 Å². The lowest BCUT2D eigenvalue weighted by Crippen LogP contribution is -2.27. The van der Waals surface area contributed by atoms with Gasteiger partial charge in [-0.05, 0) is 51.8 Å². The molecule has 1 aromatic carbocycles. The molecule has 118 valence electrons. The van der Waals surface area contributed by atoms with E-state index < -0.39 is 4.92 Å². The molecule has 0 saturated heterocycles. The minimum absolute atomic E-state index is 0.0133. The summed E-state index contributed by atoms with van der Waals surface area (Å²) in [6, 6.07) is 5.11. The van der Waals surface area contributed by atoms with Crippen molar-refractivity contribution in [3.63, 3.8) is 0 Å². The van der Waals surface area contributed by atoms with Gasteiger partial charge in [-0.15, -0.1) is 0 Å². The van der Waals surface area contributed by atoms with E-state index in [1.165, 1.54) is 0 Å². The Kier molecular flexibility index (Phi) is 7.07. The number of nitrogens with two attached hydrogens (primary N) is 1. The predicted octanol–water partition coefficient (Wildman–Crippen LogP) is 1.65. The maximum atomic E-state index is 11.0. The Morgan fingerprint density at radius 1 is 1.33 bits per heavy atom. The Morgan fingerprint density at radius 2 is 2.05 bits per heavy atom. The Morgan fingerprint density at radius 3 is 2.57 bits per heavy atom. The molecule has 1 aromatic rings. The first-order valence-electron chi connectivity index (χ1n) is 7.09. The minimum Gasteiger partial charge on any atom is -0.318 e. The lowest BCUT2D eigenvalue weighted by molar-refractivity contribution is -0.384. The molecule has 0 unspecified atom stereocenters. The number of nitrogen functional groups attached to an aromatic ring is 1. The number of anilines is 1. The number of nitro benzene ring substituents is 1. The Balaban J connectivity index is 2.71. The zero-order valence-electron chi connectivity index (χ0n) is 13.0. The molecule has 7 nitrogen and oxygen atoms in total. The van der Waals surface area contributed by atoms with Crippen molar-refractivity contribution in [2.24, 2.45) is 5.84 Å². The highest BCUT2D eigenvalue weighted by Gasteiger charge is 2.14. The highest BCUT2D eigenvalue weighted by atomic mass is 16.6. The summed E-state index contributed by atoms with van der Waals surface area (Å²) in [7, 11) is 4.11. The molecule has 21 heavy (non-hydrogen) atoms. The molecule has 0 saturated carbocycles. The number of hydrogen-bond donors (Lipinski definition) is 2.